The number of nitrogens with zero attached hydrogens (tertiary/aromatic N) is 1. The van der Waals surface area contributed by atoms with E-state index in [0.29, 0.717) is 35.5 Å². The molecule has 0 amide bonds. The first-order valence-electron chi connectivity index (χ1n) is 16.3. The Kier molecular flexibility index (Phi) is 10.9. The Hall–Kier alpha value is -2.55. The van der Waals surface area contributed by atoms with Gasteiger partial charge in [0.15, 0.2) is 0 Å². The van der Waals surface area contributed by atoms with Gasteiger partial charge in [-0.3, -0.25) is 4.99 Å². The van der Waals surface area contributed by atoms with Gasteiger partial charge in [0.2, 0.25) is 0 Å². The van der Waals surface area contributed by atoms with Crippen LogP contribution in [0.2, 0.25) is 0 Å². The summed E-state index contributed by atoms with van der Waals surface area (Å²) in [4.78, 5) is 5.22. The lowest BCUT2D eigenvalue weighted by molar-refractivity contribution is 0.796. The Bertz CT molecular complexity index is 1200. The van der Waals surface area contributed by atoms with E-state index < -0.39 is 0 Å². The van der Waals surface area contributed by atoms with Gasteiger partial charge in [0.25, 0.3) is 0 Å². The number of hydrogen-bond acceptors (Lipinski definition) is 3. The maximum Gasteiger partial charge on any atom is 0.0654 e. The number of aliphatic imine (C=N–C) groups is 1. The van der Waals surface area contributed by atoms with Gasteiger partial charge in [-0.2, -0.15) is 0 Å². The lowest BCUT2D eigenvalue weighted by Crippen LogP contribution is -2.27. The summed E-state index contributed by atoms with van der Waals surface area (Å²) in [7, 11) is 0. The minimum Gasteiger partial charge on any atom is -0.377 e. The van der Waals surface area contributed by atoms with Crippen LogP contribution in [0.1, 0.15) is 172 Å². The van der Waals surface area contributed by atoms with Crippen LogP contribution in [0.4, 0.5) is 11.4 Å². The molecule has 2 N–H and O–H groups in total. The van der Waals surface area contributed by atoms with Crippen LogP contribution in [0.3, 0.4) is 0 Å². The second-order valence-electron chi connectivity index (χ2n) is 14.2. The van der Waals surface area contributed by atoms with Gasteiger partial charge < -0.3 is 10.6 Å². The fourth-order valence-corrected chi connectivity index (χ4v) is 5.85. The smallest absolute Gasteiger partial charge is 0.0654 e. The Morgan fingerprint density at radius 1 is 0.488 bits per heavy atom. The van der Waals surface area contributed by atoms with Gasteiger partial charge in [0.1, 0.15) is 0 Å². The lowest BCUT2D eigenvalue weighted by Gasteiger charge is -2.27. The molecule has 2 aromatic carbocycles. The van der Waals surface area contributed by atoms with Crippen LogP contribution in [0.15, 0.2) is 41.0 Å². The number of nitrogens with one attached hydrogen (secondary N) is 2. The molecule has 41 heavy (non-hydrogen) atoms. The zero-order chi connectivity index (χ0) is 30.8. The van der Waals surface area contributed by atoms with E-state index in [-0.39, 0.29) is 12.1 Å². The summed E-state index contributed by atoms with van der Waals surface area (Å²) in [5.41, 5.74) is 13.5. The van der Waals surface area contributed by atoms with E-state index >= 15 is 0 Å². The molecule has 0 fully saturated rings. The average Bonchev–Trinajstić information content (AvgIpc) is 3.38. The second-order valence-corrected chi connectivity index (χ2v) is 14.2. The number of hydrogen-bond donors (Lipinski definition) is 2. The first-order chi connectivity index (χ1) is 19.1. The molecule has 0 saturated heterocycles. The number of benzene rings is 2. The third-order valence-electron chi connectivity index (χ3n) is 8.72. The molecule has 2 aromatic rings. The van der Waals surface area contributed by atoms with Gasteiger partial charge in [-0.05, 0) is 82.7 Å². The van der Waals surface area contributed by atoms with Crippen molar-refractivity contribution in [2.45, 2.75) is 151 Å². The Balaban J connectivity index is 1.89. The molecule has 2 unspecified atom stereocenters. The molecule has 1 aliphatic heterocycles. The van der Waals surface area contributed by atoms with E-state index in [2.05, 4.69) is 138 Å². The van der Waals surface area contributed by atoms with Crippen molar-refractivity contribution < 1.29 is 0 Å². The summed E-state index contributed by atoms with van der Waals surface area (Å²) in [6.45, 7) is 32.2. The Morgan fingerprint density at radius 3 is 1.15 bits per heavy atom. The van der Waals surface area contributed by atoms with Gasteiger partial charge in [-0.1, -0.05) is 113 Å². The van der Waals surface area contributed by atoms with Crippen molar-refractivity contribution in [1.82, 2.24) is 0 Å². The molecule has 1 aliphatic rings. The van der Waals surface area contributed by atoms with Gasteiger partial charge in [-0.25, -0.2) is 0 Å². The van der Waals surface area contributed by atoms with Crippen LogP contribution < -0.4 is 10.6 Å². The lowest BCUT2D eigenvalue weighted by atomic mass is 9.87. The minimum absolute atomic E-state index is 0.141. The highest BCUT2D eigenvalue weighted by molar-refractivity contribution is 5.95. The van der Waals surface area contributed by atoms with Gasteiger partial charge in [-0.15, -0.1) is 0 Å². The summed E-state index contributed by atoms with van der Waals surface area (Å²) in [5, 5.41) is 7.87. The van der Waals surface area contributed by atoms with Gasteiger partial charge in [0.05, 0.1) is 17.8 Å². The van der Waals surface area contributed by atoms with Crippen molar-refractivity contribution in [3.8, 4) is 0 Å². The van der Waals surface area contributed by atoms with Crippen molar-refractivity contribution in [2.75, 3.05) is 10.6 Å². The SMILES string of the molecule is CC(Nc1c(C(C)C)cc(C(C)C)cc1C(C)C)C1=CCC(C(C)Nc2c(C(C)C)cc(C(C)C)cc2C(C)C)=N1. The normalized spacial score (nSPS) is 15.4. The zero-order valence-corrected chi connectivity index (χ0v) is 28.7. The molecule has 0 aromatic heterocycles. The molecule has 0 bridgehead atoms. The van der Waals surface area contributed by atoms with E-state index in [9.17, 15) is 0 Å². The largest absolute Gasteiger partial charge is 0.377 e. The molecular weight excluding hydrogens is 498 g/mol. The Morgan fingerprint density at radius 2 is 0.829 bits per heavy atom. The summed E-state index contributed by atoms with van der Waals surface area (Å²) < 4.78 is 0. The van der Waals surface area contributed by atoms with Crippen LogP contribution in [0.25, 0.3) is 0 Å². The zero-order valence-electron chi connectivity index (χ0n) is 28.7. The second kappa shape index (κ2) is 13.6. The predicted molar refractivity (Wildman–Crippen MR) is 184 cm³/mol. The molecule has 3 heteroatoms. The topological polar surface area (TPSA) is 36.4 Å². The van der Waals surface area contributed by atoms with Crippen molar-refractivity contribution in [2.24, 2.45) is 4.99 Å². The van der Waals surface area contributed by atoms with E-state index in [4.69, 9.17) is 4.99 Å². The molecule has 226 valence electrons. The molecule has 3 rings (SSSR count). The van der Waals surface area contributed by atoms with Crippen molar-refractivity contribution >= 4 is 17.1 Å². The highest BCUT2D eigenvalue weighted by Gasteiger charge is 2.25. The summed E-state index contributed by atoms with van der Waals surface area (Å²) in [6, 6.07) is 9.99. The van der Waals surface area contributed by atoms with Crippen LogP contribution in [-0.4, -0.2) is 17.8 Å². The van der Waals surface area contributed by atoms with Crippen LogP contribution >= 0.6 is 0 Å². The Labute approximate surface area is 252 Å². The minimum atomic E-state index is 0.141. The molecular formula is C38H59N3. The number of allylic oxidation sites excluding steroid dienone is 1. The molecule has 0 spiro atoms. The average molecular weight is 558 g/mol. The maximum atomic E-state index is 5.22. The molecule has 2 atom stereocenters. The van der Waals surface area contributed by atoms with E-state index in [1.165, 1.54) is 50.5 Å². The highest BCUT2D eigenvalue weighted by atomic mass is 15.0. The third kappa shape index (κ3) is 7.65. The van der Waals surface area contributed by atoms with Crippen LogP contribution in [0.5, 0.6) is 0 Å². The fraction of sp³-hybridized carbons (Fsp3) is 0.605. The summed E-state index contributed by atoms with van der Waals surface area (Å²) in [6.07, 6.45) is 3.22. The maximum absolute atomic E-state index is 5.22. The molecule has 1 heterocycles. The first kappa shape index (κ1) is 33.0. The molecule has 0 saturated carbocycles. The fourth-order valence-electron chi connectivity index (χ4n) is 5.85. The van der Waals surface area contributed by atoms with E-state index in [1.54, 1.807) is 0 Å². The molecule has 0 radical (unpaired) electrons. The molecule has 0 aliphatic carbocycles. The first-order valence-corrected chi connectivity index (χ1v) is 16.3. The van der Waals surface area contributed by atoms with Crippen LogP contribution in [-0.2, 0) is 0 Å². The summed E-state index contributed by atoms with van der Waals surface area (Å²) in [5.74, 6) is 2.85. The monoisotopic (exact) mass is 557 g/mol. The van der Waals surface area contributed by atoms with Crippen molar-refractivity contribution in [3.05, 3.63) is 69.4 Å². The number of anilines is 2. The highest BCUT2D eigenvalue weighted by Crippen LogP contribution is 2.38. The summed E-state index contributed by atoms with van der Waals surface area (Å²) >= 11 is 0. The predicted octanol–water partition coefficient (Wildman–Crippen LogP) is 11.5. The third-order valence-corrected chi connectivity index (χ3v) is 8.72. The van der Waals surface area contributed by atoms with Gasteiger partial charge in [0, 0.05) is 23.5 Å². The van der Waals surface area contributed by atoms with E-state index in [1.807, 2.05) is 0 Å². The van der Waals surface area contributed by atoms with Crippen molar-refractivity contribution in [3.63, 3.8) is 0 Å². The van der Waals surface area contributed by atoms with Crippen molar-refractivity contribution in [1.29, 1.82) is 0 Å². The van der Waals surface area contributed by atoms with Crippen LogP contribution in [0, 0.1) is 0 Å². The van der Waals surface area contributed by atoms with Gasteiger partial charge >= 0.3 is 0 Å². The van der Waals surface area contributed by atoms with E-state index in [0.717, 1.165) is 12.1 Å². The number of rotatable bonds is 12. The molecule has 3 nitrogen and oxygen atoms in total. The standard InChI is InChI=1S/C38H59N3/c1-21(2)29-17-31(23(5)6)37(32(18-29)24(7)8)39-27(13)35-15-16-36(41-35)28(14)40-38-33(25(9)10)19-30(22(3)4)20-34(38)26(11)12/h15,17-28,39-40H,16H2,1-14H3. The quantitative estimate of drug-likeness (QED) is 0.272.